The molecule has 9 nitrogen and oxygen atoms in total. The van der Waals surface area contributed by atoms with Gasteiger partial charge >= 0.3 is 5.97 Å². The average Bonchev–Trinajstić information content (AvgIpc) is 2.78. The van der Waals surface area contributed by atoms with Crippen molar-refractivity contribution in [1.82, 2.24) is 4.90 Å². The summed E-state index contributed by atoms with van der Waals surface area (Å²) < 4.78 is 5.07. The highest BCUT2D eigenvalue weighted by molar-refractivity contribution is 6.30. The predicted octanol–water partition coefficient (Wildman–Crippen LogP) is 3.28. The number of nitro benzene ring substituents is 1. The molecule has 1 N–H and O–H groups in total. The molecule has 0 atom stereocenters. The Labute approximate surface area is 183 Å². The van der Waals surface area contributed by atoms with Crippen LogP contribution in [0.3, 0.4) is 0 Å². The van der Waals surface area contributed by atoms with Crippen molar-refractivity contribution in [1.29, 1.82) is 0 Å². The molecular formula is C21H20ClN3O6. The molecule has 0 radical (unpaired) electrons. The highest BCUT2D eigenvalue weighted by atomic mass is 35.5. The summed E-state index contributed by atoms with van der Waals surface area (Å²) in [6, 6.07) is 12.3. The van der Waals surface area contributed by atoms with E-state index in [4.69, 9.17) is 16.3 Å². The zero-order valence-corrected chi connectivity index (χ0v) is 17.2. The van der Waals surface area contributed by atoms with E-state index in [9.17, 15) is 24.5 Å². The van der Waals surface area contributed by atoms with Crippen LogP contribution in [0.1, 0.15) is 23.2 Å². The second kappa shape index (κ2) is 10.0. The lowest BCUT2D eigenvalue weighted by Crippen LogP contribution is -2.41. The fourth-order valence-electron chi connectivity index (χ4n) is 3.27. The van der Waals surface area contributed by atoms with Gasteiger partial charge in [0, 0.05) is 29.7 Å². The molecule has 0 saturated carbocycles. The van der Waals surface area contributed by atoms with Gasteiger partial charge in [0.05, 0.1) is 10.8 Å². The molecule has 1 aliphatic heterocycles. The third kappa shape index (κ3) is 5.79. The van der Waals surface area contributed by atoms with Crippen molar-refractivity contribution in [3.8, 4) is 0 Å². The topological polar surface area (TPSA) is 119 Å². The molecule has 3 rings (SSSR count). The van der Waals surface area contributed by atoms with Crippen LogP contribution < -0.4 is 5.32 Å². The summed E-state index contributed by atoms with van der Waals surface area (Å²) in [5.41, 5.74) is 0.305. The molecule has 162 valence electrons. The Morgan fingerprint density at radius 1 is 1.10 bits per heavy atom. The van der Waals surface area contributed by atoms with Crippen molar-refractivity contribution in [2.24, 2.45) is 5.92 Å². The largest absolute Gasteiger partial charge is 0.455 e. The van der Waals surface area contributed by atoms with Gasteiger partial charge in [-0.3, -0.25) is 24.5 Å². The summed E-state index contributed by atoms with van der Waals surface area (Å²) >= 11 is 5.84. The lowest BCUT2D eigenvalue weighted by molar-refractivity contribution is -0.383. The number of likely N-dealkylation sites (tertiary alicyclic amines) is 1. The van der Waals surface area contributed by atoms with Crippen LogP contribution in [0, 0.1) is 16.0 Å². The number of carbonyl (C=O) groups excluding carboxylic acids is 3. The quantitative estimate of drug-likeness (QED) is 0.414. The molecule has 2 amide bonds. The van der Waals surface area contributed by atoms with Gasteiger partial charge in [0.15, 0.2) is 6.61 Å². The maximum absolute atomic E-state index is 12.5. The standard InChI is InChI=1S/C21H20ClN3O6/c22-16-7-5-14(6-8-16)20(27)24-11-9-15(10-12-24)21(28)31-13-19(26)23-17-3-1-2-4-18(17)25(29)30/h1-8,15H,9-13H2,(H,23,26). The summed E-state index contributed by atoms with van der Waals surface area (Å²) in [6.07, 6.45) is 0.841. The zero-order chi connectivity index (χ0) is 22.4. The molecule has 2 aromatic carbocycles. The fourth-order valence-corrected chi connectivity index (χ4v) is 3.40. The number of hydrogen-bond donors (Lipinski definition) is 1. The smallest absolute Gasteiger partial charge is 0.309 e. The van der Waals surface area contributed by atoms with E-state index in [1.807, 2.05) is 0 Å². The van der Waals surface area contributed by atoms with E-state index in [-0.39, 0.29) is 17.3 Å². The van der Waals surface area contributed by atoms with E-state index in [1.165, 1.54) is 18.2 Å². The number of anilines is 1. The number of halogens is 1. The number of rotatable bonds is 6. The number of amides is 2. The molecule has 1 fully saturated rings. The minimum atomic E-state index is -0.669. The van der Waals surface area contributed by atoms with Crippen molar-refractivity contribution < 1.29 is 24.0 Å². The van der Waals surface area contributed by atoms with E-state index in [2.05, 4.69) is 5.32 Å². The van der Waals surface area contributed by atoms with Crippen LogP contribution in [0.2, 0.25) is 5.02 Å². The Balaban J connectivity index is 1.46. The summed E-state index contributed by atoms with van der Waals surface area (Å²) in [4.78, 5) is 48.9. The lowest BCUT2D eigenvalue weighted by atomic mass is 9.96. The van der Waals surface area contributed by atoms with Crippen molar-refractivity contribution in [3.05, 3.63) is 69.2 Å². The number of hydrogen-bond acceptors (Lipinski definition) is 6. The van der Waals surface area contributed by atoms with E-state index in [1.54, 1.807) is 35.2 Å². The number of ether oxygens (including phenoxy) is 1. The summed E-state index contributed by atoms with van der Waals surface area (Å²) in [7, 11) is 0. The average molecular weight is 446 g/mol. The van der Waals surface area contributed by atoms with Gasteiger partial charge in [0.25, 0.3) is 17.5 Å². The minimum Gasteiger partial charge on any atom is -0.455 e. The third-order valence-corrected chi connectivity index (χ3v) is 5.18. The lowest BCUT2D eigenvalue weighted by Gasteiger charge is -2.31. The molecule has 0 spiro atoms. The zero-order valence-electron chi connectivity index (χ0n) is 16.5. The first-order valence-corrected chi connectivity index (χ1v) is 9.97. The van der Waals surface area contributed by atoms with Crippen LogP contribution in [-0.4, -0.2) is 47.3 Å². The fraction of sp³-hybridized carbons (Fsp3) is 0.286. The van der Waals surface area contributed by atoms with E-state index < -0.39 is 29.3 Å². The second-order valence-electron chi connectivity index (χ2n) is 7.00. The molecule has 0 aliphatic carbocycles. The van der Waals surface area contributed by atoms with Crippen LogP contribution in [-0.2, 0) is 14.3 Å². The molecule has 31 heavy (non-hydrogen) atoms. The van der Waals surface area contributed by atoms with Crippen LogP contribution in [0.25, 0.3) is 0 Å². The molecule has 0 bridgehead atoms. The van der Waals surface area contributed by atoms with Crippen LogP contribution in [0.4, 0.5) is 11.4 Å². The Morgan fingerprint density at radius 2 is 1.74 bits per heavy atom. The maximum atomic E-state index is 12.5. The maximum Gasteiger partial charge on any atom is 0.309 e. The van der Waals surface area contributed by atoms with E-state index >= 15 is 0 Å². The molecule has 0 aromatic heterocycles. The SMILES string of the molecule is O=C(COC(=O)C1CCN(C(=O)c2ccc(Cl)cc2)CC1)Nc1ccccc1[N+](=O)[O-]. The number of nitro groups is 1. The molecule has 10 heteroatoms. The Kier molecular flexibility index (Phi) is 7.19. The Hall–Kier alpha value is -3.46. The number of nitrogens with zero attached hydrogens (tertiary/aromatic N) is 2. The summed E-state index contributed by atoms with van der Waals surface area (Å²) in [5, 5.41) is 13.9. The first kappa shape index (κ1) is 22.2. The normalized spacial score (nSPS) is 14.0. The van der Waals surface area contributed by atoms with Crippen molar-refractivity contribution in [2.75, 3.05) is 25.0 Å². The molecule has 0 unspecified atom stereocenters. The summed E-state index contributed by atoms with van der Waals surface area (Å²) in [5.74, 6) is -1.75. The van der Waals surface area contributed by atoms with Gasteiger partial charge in [-0.15, -0.1) is 0 Å². The number of piperidine rings is 1. The van der Waals surface area contributed by atoms with Gasteiger partial charge in [-0.2, -0.15) is 0 Å². The first-order valence-electron chi connectivity index (χ1n) is 9.60. The van der Waals surface area contributed by atoms with Gasteiger partial charge in [-0.05, 0) is 43.2 Å². The van der Waals surface area contributed by atoms with Gasteiger partial charge in [-0.25, -0.2) is 0 Å². The first-order chi connectivity index (χ1) is 14.8. The monoisotopic (exact) mass is 445 g/mol. The number of esters is 1. The van der Waals surface area contributed by atoms with Crippen molar-refractivity contribution in [3.63, 3.8) is 0 Å². The number of carbonyl (C=O) groups is 3. The molecule has 1 saturated heterocycles. The van der Waals surface area contributed by atoms with Crippen molar-refractivity contribution in [2.45, 2.75) is 12.8 Å². The number of nitrogens with one attached hydrogen (secondary N) is 1. The third-order valence-electron chi connectivity index (χ3n) is 4.93. The number of para-hydroxylation sites is 2. The summed E-state index contributed by atoms with van der Waals surface area (Å²) in [6.45, 7) is 0.238. The van der Waals surface area contributed by atoms with Crippen LogP contribution in [0.5, 0.6) is 0 Å². The molecular weight excluding hydrogens is 426 g/mol. The number of benzene rings is 2. The Morgan fingerprint density at radius 3 is 2.39 bits per heavy atom. The molecule has 1 aliphatic rings. The molecule has 1 heterocycles. The van der Waals surface area contributed by atoms with E-state index in [0.717, 1.165) is 0 Å². The van der Waals surface area contributed by atoms with Gasteiger partial charge < -0.3 is 15.0 Å². The minimum absolute atomic E-state index is 0.0302. The highest BCUT2D eigenvalue weighted by Gasteiger charge is 2.29. The van der Waals surface area contributed by atoms with Gasteiger partial charge in [0.1, 0.15) is 5.69 Å². The van der Waals surface area contributed by atoms with E-state index in [0.29, 0.717) is 36.5 Å². The predicted molar refractivity (Wildman–Crippen MR) is 113 cm³/mol. The molecule has 2 aromatic rings. The van der Waals surface area contributed by atoms with Crippen molar-refractivity contribution >= 4 is 40.8 Å². The highest BCUT2D eigenvalue weighted by Crippen LogP contribution is 2.24. The second-order valence-corrected chi connectivity index (χ2v) is 7.44. The Bertz CT molecular complexity index is 987. The van der Waals surface area contributed by atoms with Crippen LogP contribution in [0.15, 0.2) is 48.5 Å². The van der Waals surface area contributed by atoms with Gasteiger partial charge in [-0.1, -0.05) is 23.7 Å². The van der Waals surface area contributed by atoms with Gasteiger partial charge in [0.2, 0.25) is 0 Å². The van der Waals surface area contributed by atoms with Crippen LogP contribution >= 0.6 is 11.6 Å².